The second-order valence-electron chi connectivity index (χ2n) is 3.09. The minimum atomic E-state index is 0.254. The monoisotopic (exact) mass is 261 g/mol. The number of nitrogens with one attached hydrogen (secondary N) is 1. The summed E-state index contributed by atoms with van der Waals surface area (Å²) < 4.78 is 0.584. The van der Waals surface area contributed by atoms with Crippen molar-refractivity contribution in [1.82, 2.24) is 5.32 Å². The molecular weight excluding hydrogens is 253 g/mol. The van der Waals surface area contributed by atoms with Gasteiger partial charge in [0.2, 0.25) is 0 Å². The van der Waals surface area contributed by atoms with E-state index in [-0.39, 0.29) is 11.8 Å². The summed E-state index contributed by atoms with van der Waals surface area (Å²) >= 11 is 9.07. The SMILES string of the molecule is Oc1c(C2CCN2)ccc(Cl)c1Br. The third kappa shape index (κ3) is 1.56. The van der Waals surface area contributed by atoms with Crippen LogP contribution < -0.4 is 5.32 Å². The zero-order chi connectivity index (χ0) is 9.42. The Morgan fingerprint density at radius 3 is 2.77 bits per heavy atom. The lowest BCUT2D eigenvalue weighted by Crippen LogP contribution is -2.34. The van der Waals surface area contributed by atoms with Gasteiger partial charge in [-0.05, 0) is 35.0 Å². The first kappa shape index (κ1) is 9.31. The van der Waals surface area contributed by atoms with Crippen LogP contribution in [0.2, 0.25) is 5.02 Å². The summed E-state index contributed by atoms with van der Waals surface area (Å²) in [6.07, 6.45) is 1.07. The maximum Gasteiger partial charge on any atom is 0.136 e. The van der Waals surface area contributed by atoms with Gasteiger partial charge in [0.15, 0.2) is 0 Å². The second kappa shape index (κ2) is 3.48. The number of hydrogen-bond acceptors (Lipinski definition) is 2. The average Bonchev–Trinajstić information content (AvgIpc) is 2.03. The second-order valence-corrected chi connectivity index (χ2v) is 4.29. The Bertz CT molecular complexity index is 339. The molecule has 1 unspecified atom stereocenters. The van der Waals surface area contributed by atoms with Crippen LogP contribution in [0.3, 0.4) is 0 Å². The van der Waals surface area contributed by atoms with Crippen molar-refractivity contribution < 1.29 is 5.11 Å². The summed E-state index contributed by atoms with van der Waals surface area (Å²) in [5.41, 5.74) is 0.919. The van der Waals surface area contributed by atoms with E-state index < -0.39 is 0 Å². The van der Waals surface area contributed by atoms with E-state index in [1.54, 1.807) is 6.07 Å². The van der Waals surface area contributed by atoms with Crippen LogP contribution in [-0.2, 0) is 0 Å². The molecular formula is C9H9BrClNO. The van der Waals surface area contributed by atoms with Crippen LogP contribution in [0, 0.1) is 0 Å². The zero-order valence-corrected chi connectivity index (χ0v) is 9.19. The van der Waals surface area contributed by atoms with Gasteiger partial charge in [0.05, 0.1) is 9.50 Å². The van der Waals surface area contributed by atoms with E-state index in [2.05, 4.69) is 21.2 Å². The van der Waals surface area contributed by atoms with Gasteiger partial charge in [-0.2, -0.15) is 0 Å². The van der Waals surface area contributed by atoms with Crippen molar-refractivity contribution in [1.29, 1.82) is 0 Å². The third-order valence-corrected chi connectivity index (χ3v) is 3.65. The lowest BCUT2D eigenvalue weighted by Gasteiger charge is -2.28. The molecule has 2 rings (SSSR count). The van der Waals surface area contributed by atoms with Crippen molar-refractivity contribution in [3.63, 3.8) is 0 Å². The Hall–Kier alpha value is -0.250. The maximum atomic E-state index is 9.74. The standard InChI is InChI=1S/C9H9BrClNO/c10-8-6(11)2-1-5(9(8)13)7-3-4-12-7/h1-2,7,12-13H,3-4H2. The molecule has 0 amide bonds. The molecule has 13 heavy (non-hydrogen) atoms. The first-order chi connectivity index (χ1) is 6.20. The fourth-order valence-corrected chi connectivity index (χ4v) is 1.90. The first-order valence-electron chi connectivity index (χ1n) is 4.10. The molecule has 1 aliphatic heterocycles. The molecule has 0 spiro atoms. The molecule has 4 heteroatoms. The topological polar surface area (TPSA) is 32.3 Å². The fourth-order valence-electron chi connectivity index (χ4n) is 1.39. The van der Waals surface area contributed by atoms with Gasteiger partial charge in [-0.25, -0.2) is 0 Å². The van der Waals surface area contributed by atoms with Crippen LogP contribution in [0.1, 0.15) is 18.0 Å². The van der Waals surface area contributed by atoms with Gasteiger partial charge in [-0.1, -0.05) is 17.7 Å². The number of hydrogen-bond donors (Lipinski definition) is 2. The van der Waals surface area contributed by atoms with Crippen molar-refractivity contribution in [3.05, 3.63) is 27.2 Å². The van der Waals surface area contributed by atoms with Crippen LogP contribution in [0.4, 0.5) is 0 Å². The Morgan fingerprint density at radius 2 is 2.23 bits per heavy atom. The molecule has 0 aromatic heterocycles. The Labute approximate surface area is 90.0 Å². The van der Waals surface area contributed by atoms with Crippen molar-refractivity contribution in [2.75, 3.05) is 6.54 Å². The maximum absolute atomic E-state index is 9.74. The molecule has 1 aliphatic rings. The van der Waals surface area contributed by atoms with Crippen LogP contribution in [0.25, 0.3) is 0 Å². The highest BCUT2D eigenvalue weighted by Gasteiger charge is 2.23. The van der Waals surface area contributed by atoms with Gasteiger partial charge >= 0.3 is 0 Å². The van der Waals surface area contributed by atoms with E-state index in [1.165, 1.54) is 0 Å². The minimum absolute atomic E-state index is 0.254. The molecule has 70 valence electrons. The Morgan fingerprint density at radius 1 is 1.54 bits per heavy atom. The molecule has 1 aromatic carbocycles. The highest BCUT2D eigenvalue weighted by atomic mass is 79.9. The summed E-state index contributed by atoms with van der Waals surface area (Å²) in [4.78, 5) is 0. The van der Waals surface area contributed by atoms with Crippen LogP contribution >= 0.6 is 27.5 Å². The molecule has 1 saturated heterocycles. The largest absolute Gasteiger partial charge is 0.506 e. The van der Waals surface area contributed by atoms with Crippen molar-refractivity contribution in [2.45, 2.75) is 12.5 Å². The fraction of sp³-hybridized carbons (Fsp3) is 0.333. The number of rotatable bonds is 1. The predicted molar refractivity (Wildman–Crippen MR) is 56.2 cm³/mol. The van der Waals surface area contributed by atoms with E-state index in [0.29, 0.717) is 9.50 Å². The number of benzene rings is 1. The van der Waals surface area contributed by atoms with E-state index in [9.17, 15) is 5.11 Å². The van der Waals surface area contributed by atoms with Gasteiger partial charge in [-0.3, -0.25) is 0 Å². The van der Waals surface area contributed by atoms with Crippen LogP contribution in [0.5, 0.6) is 5.75 Å². The lowest BCUT2D eigenvalue weighted by atomic mass is 9.97. The van der Waals surface area contributed by atoms with Gasteiger partial charge in [0.1, 0.15) is 5.75 Å². The van der Waals surface area contributed by atoms with Crippen molar-refractivity contribution in [3.8, 4) is 5.75 Å². The Balaban J connectivity index is 2.41. The average molecular weight is 263 g/mol. The van der Waals surface area contributed by atoms with Crippen molar-refractivity contribution in [2.24, 2.45) is 0 Å². The number of phenols is 1. The molecule has 0 radical (unpaired) electrons. The molecule has 2 nitrogen and oxygen atoms in total. The van der Waals surface area contributed by atoms with Gasteiger partial charge < -0.3 is 10.4 Å². The Kier molecular flexibility index (Phi) is 2.49. The predicted octanol–water partition coefficient (Wildman–Crippen LogP) is 2.84. The quantitative estimate of drug-likeness (QED) is 0.816. The first-order valence-corrected chi connectivity index (χ1v) is 5.27. The highest BCUT2D eigenvalue weighted by Crippen LogP contribution is 2.39. The van der Waals surface area contributed by atoms with E-state index >= 15 is 0 Å². The molecule has 1 heterocycles. The number of phenolic OH excluding ortho intramolecular Hbond substituents is 1. The summed E-state index contributed by atoms with van der Waals surface area (Å²) in [5.74, 6) is 0.254. The normalized spacial score (nSPS) is 21.2. The molecule has 0 aliphatic carbocycles. The van der Waals surface area contributed by atoms with Gasteiger partial charge in [0.25, 0.3) is 0 Å². The van der Waals surface area contributed by atoms with E-state index in [0.717, 1.165) is 18.5 Å². The molecule has 0 saturated carbocycles. The highest BCUT2D eigenvalue weighted by molar-refractivity contribution is 9.10. The lowest BCUT2D eigenvalue weighted by molar-refractivity contribution is 0.364. The van der Waals surface area contributed by atoms with Gasteiger partial charge in [0, 0.05) is 11.6 Å². The summed E-state index contributed by atoms with van der Waals surface area (Å²) in [7, 11) is 0. The number of aromatic hydroxyl groups is 1. The summed E-state index contributed by atoms with van der Waals surface area (Å²) in [6, 6.07) is 3.94. The third-order valence-electron chi connectivity index (χ3n) is 2.30. The van der Waals surface area contributed by atoms with E-state index in [1.807, 2.05) is 6.07 Å². The summed E-state index contributed by atoms with van der Waals surface area (Å²) in [6.45, 7) is 1.02. The molecule has 2 N–H and O–H groups in total. The van der Waals surface area contributed by atoms with Crippen molar-refractivity contribution >= 4 is 27.5 Å². The summed E-state index contributed by atoms with van der Waals surface area (Å²) in [5, 5.41) is 13.5. The van der Waals surface area contributed by atoms with Crippen LogP contribution in [0.15, 0.2) is 16.6 Å². The molecule has 1 aromatic rings. The minimum Gasteiger partial charge on any atom is -0.506 e. The van der Waals surface area contributed by atoms with Crippen LogP contribution in [-0.4, -0.2) is 11.7 Å². The van der Waals surface area contributed by atoms with Gasteiger partial charge in [-0.15, -0.1) is 0 Å². The molecule has 1 atom stereocenters. The van der Waals surface area contributed by atoms with E-state index in [4.69, 9.17) is 11.6 Å². The number of halogens is 2. The molecule has 0 bridgehead atoms. The zero-order valence-electron chi connectivity index (χ0n) is 6.85. The smallest absolute Gasteiger partial charge is 0.136 e. The molecule has 1 fully saturated rings.